The molecule has 8 nitrogen and oxygen atoms in total. The number of benzene rings is 1. The van der Waals surface area contributed by atoms with Crippen molar-refractivity contribution in [3.63, 3.8) is 0 Å². The molecule has 0 aliphatic carbocycles. The molecule has 0 fully saturated rings. The quantitative estimate of drug-likeness (QED) is 0.355. The predicted octanol–water partition coefficient (Wildman–Crippen LogP) is 4.90. The van der Waals surface area contributed by atoms with Gasteiger partial charge in [-0.1, -0.05) is 17.7 Å². The highest BCUT2D eigenvalue weighted by atomic mass is 35.5. The number of rotatable bonds is 4. The Morgan fingerprint density at radius 2 is 1.73 bits per heavy atom. The number of fused-ring (bicyclic) bond motifs is 1. The molecule has 33 heavy (non-hydrogen) atoms. The van der Waals surface area contributed by atoms with E-state index in [0.717, 1.165) is 28.6 Å². The topological polar surface area (TPSA) is 86.7 Å². The van der Waals surface area contributed by atoms with Gasteiger partial charge < -0.3 is 0 Å². The van der Waals surface area contributed by atoms with Gasteiger partial charge >= 0.3 is 6.18 Å². The third-order valence-corrected chi connectivity index (χ3v) is 6.02. The van der Waals surface area contributed by atoms with E-state index in [-0.39, 0.29) is 10.7 Å². The van der Waals surface area contributed by atoms with E-state index in [4.69, 9.17) is 11.6 Å². The van der Waals surface area contributed by atoms with Gasteiger partial charge in [0.25, 0.3) is 5.82 Å². The molecule has 0 saturated carbocycles. The summed E-state index contributed by atoms with van der Waals surface area (Å²) in [6, 6.07) is 11.9. The molecule has 0 aliphatic rings. The van der Waals surface area contributed by atoms with Gasteiger partial charge in [0.2, 0.25) is 5.16 Å². The minimum absolute atomic E-state index is 0.0173. The van der Waals surface area contributed by atoms with Gasteiger partial charge in [0.05, 0.1) is 5.69 Å². The van der Waals surface area contributed by atoms with Crippen LogP contribution in [0.1, 0.15) is 11.4 Å². The first kappa shape index (κ1) is 21.3. The van der Waals surface area contributed by atoms with Crippen LogP contribution in [-0.2, 0) is 6.18 Å². The summed E-state index contributed by atoms with van der Waals surface area (Å²) in [5.74, 6) is -0.684. The van der Waals surface area contributed by atoms with Crippen molar-refractivity contribution in [3.05, 3.63) is 71.3 Å². The molecule has 0 N–H and O–H groups in total. The maximum absolute atomic E-state index is 13.3. The van der Waals surface area contributed by atoms with E-state index in [1.165, 1.54) is 6.07 Å². The lowest BCUT2D eigenvalue weighted by molar-refractivity contribution is -0.146. The summed E-state index contributed by atoms with van der Waals surface area (Å²) in [6.45, 7) is 1.86. The maximum Gasteiger partial charge on any atom is 0.453 e. The lowest BCUT2D eigenvalue weighted by atomic mass is 10.2. The van der Waals surface area contributed by atoms with Gasteiger partial charge in [-0.05, 0) is 60.6 Å². The van der Waals surface area contributed by atoms with Crippen LogP contribution in [0.4, 0.5) is 13.2 Å². The zero-order valence-electron chi connectivity index (χ0n) is 16.7. The van der Waals surface area contributed by atoms with Crippen LogP contribution in [0.3, 0.4) is 0 Å². The van der Waals surface area contributed by atoms with Crippen LogP contribution in [0.15, 0.2) is 65.0 Å². The van der Waals surface area contributed by atoms with Crippen molar-refractivity contribution in [1.82, 2.24) is 39.6 Å². The van der Waals surface area contributed by atoms with Gasteiger partial charge in [0.1, 0.15) is 5.03 Å². The summed E-state index contributed by atoms with van der Waals surface area (Å²) in [5, 5.41) is 20.6. The van der Waals surface area contributed by atoms with Crippen LogP contribution < -0.4 is 0 Å². The van der Waals surface area contributed by atoms with E-state index in [0.29, 0.717) is 20.5 Å². The fourth-order valence-electron chi connectivity index (χ4n) is 3.18. The van der Waals surface area contributed by atoms with Crippen molar-refractivity contribution in [1.29, 1.82) is 0 Å². The van der Waals surface area contributed by atoms with E-state index in [1.807, 2.05) is 13.0 Å². The molecule has 0 radical (unpaired) electrons. The number of alkyl halides is 3. The number of nitrogens with zero attached hydrogens (tertiary/aromatic N) is 8. The zero-order valence-corrected chi connectivity index (χ0v) is 18.3. The predicted molar refractivity (Wildman–Crippen MR) is 114 cm³/mol. The molecule has 1 aromatic carbocycles. The Bertz CT molecular complexity index is 1470. The Balaban J connectivity index is 1.65. The van der Waals surface area contributed by atoms with E-state index in [9.17, 15) is 13.2 Å². The molecule has 166 valence electrons. The molecule has 5 aromatic rings. The average molecular weight is 489 g/mol. The molecule has 0 amide bonds. The highest BCUT2D eigenvalue weighted by Gasteiger charge is 2.37. The third kappa shape index (κ3) is 3.91. The SMILES string of the molecule is Cc1c(Cl)cccc1-n1c(Sc2ccc3nnc(C(F)(F)F)n3n2)nnc1-c1ccncc1. The standard InChI is InChI=1S/C20H12ClF3N8S/c1-11-13(21)3-2-4-14(11)31-17(12-7-9-25-10-8-12)27-29-19(31)33-16-6-5-15-26-28-18(20(22,23)24)32(15)30-16/h2-10H,1H3. The second-order valence-electron chi connectivity index (χ2n) is 6.83. The summed E-state index contributed by atoms with van der Waals surface area (Å²) in [6.07, 6.45) is -1.43. The fraction of sp³-hybridized carbons (Fsp3) is 0.100. The van der Waals surface area contributed by atoms with Gasteiger partial charge in [-0.3, -0.25) is 9.55 Å². The summed E-state index contributed by atoms with van der Waals surface area (Å²) in [4.78, 5) is 4.03. The monoisotopic (exact) mass is 488 g/mol. The Morgan fingerprint density at radius 3 is 2.48 bits per heavy atom. The summed E-state index contributed by atoms with van der Waals surface area (Å²) < 4.78 is 42.2. The van der Waals surface area contributed by atoms with Gasteiger partial charge in [0.15, 0.2) is 11.5 Å². The fourth-order valence-corrected chi connectivity index (χ4v) is 4.15. The first-order chi connectivity index (χ1) is 15.8. The van der Waals surface area contributed by atoms with E-state index < -0.39 is 12.0 Å². The summed E-state index contributed by atoms with van der Waals surface area (Å²) in [7, 11) is 0. The van der Waals surface area contributed by atoms with Crippen LogP contribution >= 0.6 is 23.4 Å². The number of aromatic nitrogens is 8. The smallest absolute Gasteiger partial charge is 0.269 e. The molecule has 4 heterocycles. The first-order valence-corrected chi connectivity index (χ1v) is 10.6. The second kappa shape index (κ2) is 8.12. The minimum Gasteiger partial charge on any atom is -0.269 e. The highest BCUT2D eigenvalue weighted by molar-refractivity contribution is 7.99. The Morgan fingerprint density at radius 1 is 0.939 bits per heavy atom. The van der Waals surface area contributed by atoms with Gasteiger partial charge in [0, 0.05) is 23.0 Å². The molecule has 4 aromatic heterocycles. The number of hydrogen-bond acceptors (Lipinski definition) is 7. The molecule has 13 heteroatoms. The zero-order chi connectivity index (χ0) is 23.2. The Labute approximate surface area is 193 Å². The van der Waals surface area contributed by atoms with Crippen LogP contribution in [0, 0.1) is 6.92 Å². The second-order valence-corrected chi connectivity index (χ2v) is 8.22. The largest absolute Gasteiger partial charge is 0.453 e. The van der Waals surface area contributed by atoms with Crippen LogP contribution in [-0.4, -0.2) is 39.6 Å². The highest BCUT2D eigenvalue weighted by Crippen LogP contribution is 2.34. The maximum atomic E-state index is 13.3. The minimum atomic E-state index is -4.69. The molecule has 5 rings (SSSR count). The summed E-state index contributed by atoms with van der Waals surface area (Å²) in [5.41, 5.74) is 2.25. The van der Waals surface area contributed by atoms with Crippen molar-refractivity contribution in [2.24, 2.45) is 0 Å². The molecular formula is C20H12ClF3N8S. The van der Waals surface area contributed by atoms with Crippen molar-refractivity contribution in [3.8, 4) is 17.1 Å². The molecule has 0 atom stereocenters. The molecule has 0 saturated heterocycles. The molecular weight excluding hydrogens is 477 g/mol. The summed E-state index contributed by atoms with van der Waals surface area (Å²) >= 11 is 7.40. The lowest BCUT2D eigenvalue weighted by Gasteiger charge is -2.13. The van der Waals surface area contributed by atoms with Gasteiger partial charge in [-0.15, -0.1) is 20.4 Å². The molecule has 0 bridgehead atoms. The molecule has 0 spiro atoms. The number of halogens is 4. The Hall–Kier alpha value is -3.51. The van der Waals surface area contributed by atoms with Gasteiger partial charge in [-0.2, -0.15) is 22.8 Å². The van der Waals surface area contributed by atoms with Crippen LogP contribution in [0.5, 0.6) is 0 Å². The van der Waals surface area contributed by atoms with Crippen molar-refractivity contribution < 1.29 is 13.2 Å². The lowest BCUT2D eigenvalue weighted by Crippen LogP contribution is -2.12. The third-order valence-electron chi connectivity index (χ3n) is 4.74. The van der Waals surface area contributed by atoms with E-state index in [1.54, 1.807) is 47.3 Å². The van der Waals surface area contributed by atoms with Gasteiger partial charge in [-0.25, -0.2) is 0 Å². The molecule has 0 unspecified atom stereocenters. The van der Waals surface area contributed by atoms with Crippen molar-refractivity contribution >= 4 is 29.0 Å². The number of hydrogen-bond donors (Lipinski definition) is 0. The van der Waals surface area contributed by atoms with Crippen LogP contribution in [0.2, 0.25) is 5.02 Å². The van der Waals surface area contributed by atoms with Crippen molar-refractivity contribution in [2.75, 3.05) is 0 Å². The first-order valence-electron chi connectivity index (χ1n) is 9.42. The molecule has 0 aliphatic heterocycles. The van der Waals surface area contributed by atoms with Crippen LogP contribution in [0.25, 0.3) is 22.7 Å². The average Bonchev–Trinajstić information content (AvgIpc) is 3.40. The Kier molecular flexibility index (Phi) is 5.25. The van der Waals surface area contributed by atoms with E-state index in [2.05, 4.69) is 30.5 Å². The number of pyridine rings is 1. The van der Waals surface area contributed by atoms with E-state index >= 15 is 0 Å². The normalized spacial score (nSPS) is 11.9. The van der Waals surface area contributed by atoms with Crippen molar-refractivity contribution in [2.45, 2.75) is 23.3 Å².